The van der Waals surface area contributed by atoms with E-state index < -0.39 is 11.6 Å². The monoisotopic (exact) mass is 305 g/mol. The van der Waals surface area contributed by atoms with Gasteiger partial charge in [0, 0.05) is 12.6 Å². The van der Waals surface area contributed by atoms with Gasteiger partial charge in [-0.15, -0.1) is 0 Å². The van der Waals surface area contributed by atoms with Gasteiger partial charge in [-0.3, -0.25) is 4.90 Å². The molecule has 0 aliphatic rings. The summed E-state index contributed by atoms with van der Waals surface area (Å²) >= 11 is 0. The van der Waals surface area contributed by atoms with E-state index >= 15 is 0 Å². The van der Waals surface area contributed by atoms with Crippen LogP contribution in [0.25, 0.3) is 0 Å². The van der Waals surface area contributed by atoms with Gasteiger partial charge in [-0.25, -0.2) is 8.78 Å². The fourth-order valence-electron chi connectivity index (χ4n) is 2.32. The molecule has 0 amide bonds. The van der Waals surface area contributed by atoms with Gasteiger partial charge in [-0.1, -0.05) is 18.2 Å². The maximum Gasteiger partial charge on any atom is 0.159 e. The van der Waals surface area contributed by atoms with E-state index in [0.717, 1.165) is 24.3 Å². The molecule has 2 aromatic rings. The van der Waals surface area contributed by atoms with E-state index in [4.69, 9.17) is 4.74 Å². The van der Waals surface area contributed by atoms with Crippen molar-refractivity contribution in [1.29, 1.82) is 0 Å². The Kier molecular flexibility index (Phi) is 5.50. The maximum absolute atomic E-state index is 13.3. The third-order valence-corrected chi connectivity index (χ3v) is 4.00. The molecule has 22 heavy (non-hydrogen) atoms. The van der Waals surface area contributed by atoms with E-state index in [0.29, 0.717) is 0 Å². The van der Waals surface area contributed by atoms with Crippen LogP contribution >= 0.6 is 0 Å². The predicted molar refractivity (Wildman–Crippen MR) is 84.1 cm³/mol. The maximum atomic E-state index is 13.3. The zero-order valence-electron chi connectivity index (χ0n) is 13.1. The summed E-state index contributed by atoms with van der Waals surface area (Å²) in [6.07, 6.45) is 0.883. The largest absolute Gasteiger partial charge is 0.497 e. The van der Waals surface area contributed by atoms with Gasteiger partial charge in [0.05, 0.1) is 7.11 Å². The molecule has 2 nitrogen and oxygen atoms in total. The highest BCUT2D eigenvalue weighted by Crippen LogP contribution is 2.21. The topological polar surface area (TPSA) is 12.5 Å². The Balaban J connectivity index is 1.95. The first-order valence-electron chi connectivity index (χ1n) is 7.29. The summed E-state index contributed by atoms with van der Waals surface area (Å²) in [6, 6.07) is 12.1. The quantitative estimate of drug-likeness (QED) is 0.792. The van der Waals surface area contributed by atoms with Crippen molar-refractivity contribution >= 4 is 0 Å². The highest BCUT2D eigenvalue weighted by molar-refractivity contribution is 5.27. The molecule has 0 bridgehead atoms. The fraction of sp³-hybridized carbons (Fsp3) is 0.333. The lowest BCUT2D eigenvalue weighted by Gasteiger charge is -2.25. The number of halogens is 2. The van der Waals surface area contributed by atoms with Gasteiger partial charge in [0.2, 0.25) is 0 Å². The molecule has 0 aliphatic heterocycles. The second kappa shape index (κ2) is 7.36. The molecule has 0 heterocycles. The van der Waals surface area contributed by atoms with E-state index in [-0.39, 0.29) is 6.04 Å². The Morgan fingerprint density at radius 1 is 1.05 bits per heavy atom. The molecule has 4 heteroatoms. The first-order chi connectivity index (χ1) is 10.5. The predicted octanol–water partition coefficient (Wildman–Crippen LogP) is 4.21. The molecular weight excluding hydrogens is 284 g/mol. The minimum atomic E-state index is -0.808. The van der Waals surface area contributed by atoms with Crippen molar-refractivity contribution < 1.29 is 13.5 Å². The summed E-state index contributed by atoms with van der Waals surface area (Å²) in [7, 11) is 3.63. The first kappa shape index (κ1) is 16.4. The van der Waals surface area contributed by atoms with E-state index in [1.54, 1.807) is 13.2 Å². The number of benzene rings is 2. The van der Waals surface area contributed by atoms with Crippen LogP contribution in [0, 0.1) is 11.6 Å². The van der Waals surface area contributed by atoms with Gasteiger partial charge in [0.1, 0.15) is 5.75 Å². The third kappa shape index (κ3) is 4.04. The zero-order valence-corrected chi connectivity index (χ0v) is 13.1. The zero-order chi connectivity index (χ0) is 16.1. The number of hydrogen-bond acceptors (Lipinski definition) is 2. The van der Waals surface area contributed by atoms with Gasteiger partial charge in [-0.05, 0) is 55.8 Å². The summed E-state index contributed by atoms with van der Waals surface area (Å²) in [5, 5.41) is 0. The average molecular weight is 305 g/mol. The third-order valence-electron chi connectivity index (χ3n) is 4.00. The minimum Gasteiger partial charge on any atom is -0.497 e. The second-order valence-corrected chi connectivity index (χ2v) is 5.43. The Morgan fingerprint density at radius 2 is 1.73 bits per heavy atom. The van der Waals surface area contributed by atoms with Crippen LogP contribution in [0.3, 0.4) is 0 Å². The number of hydrogen-bond donors (Lipinski definition) is 0. The summed E-state index contributed by atoms with van der Waals surface area (Å²) in [5.41, 5.74) is 1.99. The molecule has 0 saturated carbocycles. The van der Waals surface area contributed by atoms with Crippen LogP contribution in [-0.4, -0.2) is 25.6 Å². The molecule has 0 radical (unpaired) electrons. The summed E-state index contributed by atoms with van der Waals surface area (Å²) in [4.78, 5) is 2.12. The van der Waals surface area contributed by atoms with Gasteiger partial charge in [0.25, 0.3) is 0 Å². The lowest BCUT2D eigenvalue weighted by Crippen LogP contribution is -2.25. The Labute approximate surface area is 130 Å². The molecule has 0 fully saturated rings. The molecule has 2 aromatic carbocycles. The molecular formula is C18H21F2NO. The summed E-state index contributed by atoms with van der Waals surface area (Å²) in [6.45, 7) is 2.81. The van der Waals surface area contributed by atoms with Gasteiger partial charge < -0.3 is 4.74 Å². The van der Waals surface area contributed by atoms with Gasteiger partial charge >= 0.3 is 0 Å². The van der Waals surface area contributed by atoms with Crippen LogP contribution in [-0.2, 0) is 6.42 Å². The van der Waals surface area contributed by atoms with Gasteiger partial charge in [-0.2, -0.15) is 0 Å². The van der Waals surface area contributed by atoms with E-state index in [1.165, 1.54) is 17.7 Å². The lowest BCUT2D eigenvalue weighted by molar-refractivity contribution is 0.264. The van der Waals surface area contributed by atoms with Crippen LogP contribution in [0.4, 0.5) is 8.78 Å². The minimum absolute atomic E-state index is 0.0216. The van der Waals surface area contributed by atoms with E-state index in [2.05, 4.69) is 4.90 Å². The molecule has 1 atom stereocenters. The lowest BCUT2D eigenvalue weighted by atomic mass is 10.1. The Bertz CT molecular complexity index is 613. The van der Waals surface area contributed by atoms with E-state index in [9.17, 15) is 8.78 Å². The van der Waals surface area contributed by atoms with Crippen molar-refractivity contribution in [3.8, 4) is 5.75 Å². The van der Waals surface area contributed by atoms with Crippen LogP contribution in [0.5, 0.6) is 5.75 Å². The van der Waals surface area contributed by atoms with Crippen molar-refractivity contribution in [3.05, 3.63) is 65.2 Å². The smallest absolute Gasteiger partial charge is 0.159 e. The molecule has 2 rings (SSSR count). The van der Waals surface area contributed by atoms with Crippen LogP contribution in [0.15, 0.2) is 42.5 Å². The molecule has 0 spiro atoms. The standard InChI is InChI=1S/C18H21F2NO/c1-13(15-6-9-17(19)18(20)12-15)21(2)11-10-14-4-7-16(22-3)8-5-14/h4-9,12-13H,10-11H2,1-3H3. The SMILES string of the molecule is COc1ccc(CCN(C)C(C)c2ccc(F)c(F)c2)cc1. The molecule has 1 unspecified atom stereocenters. The van der Waals surface area contributed by atoms with E-state index in [1.807, 2.05) is 38.2 Å². The average Bonchev–Trinajstić information content (AvgIpc) is 2.55. The summed E-state index contributed by atoms with van der Waals surface area (Å²) < 4.78 is 31.5. The number of ether oxygens (including phenoxy) is 1. The van der Waals surface area contributed by atoms with Crippen molar-refractivity contribution in [2.75, 3.05) is 20.7 Å². The Morgan fingerprint density at radius 3 is 2.32 bits per heavy atom. The van der Waals surface area contributed by atoms with Crippen molar-refractivity contribution in [1.82, 2.24) is 4.90 Å². The second-order valence-electron chi connectivity index (χ2n) is 5.43. The summed E-state index contributed by atoms with van der Waals surface area (Å²) in [5.74, 6) is -0.767. The Hall–Kier alpha value is -1.94. The van der Waals surface area contributed by atoms with Crippen molar-refractivity contribution in [3.63, 3.8) is 0 Å². The molecule has 0 saturated heterocycles. The number of likely N-dealkylation sites (N-methyl/N-ethyl adjacent to an activating group) is 1. The van der Waals surface area contributed by atoms with Crippen molar-refractivity contribution in [2.24, 2.45) is 0 Å². The normalized spacial score (nSPS) is 12.5. The number of nitrogens with zero attached hydrogens (tertiary/aromatic N) is 1. The van der Waals surface area contributed by atoms with Gasteiger partial charge in [0.15, 0.2) is 11.6 Å². The van der Waals surface area contributed by atoms with Crippen LogP contribution in [0.2, 0.25) is 0 Å². The molecule has 0 aromatic heterocycles. The number of rotatable bonds is 6. The molecule has 0 aliphatic carbocycles. The van der Waals surface area contributed by atoms with Crippen LogP contribution < -0.4 is 4.74 Å². The fourth-order valence-corrected chi connectivity index (χ4v) is 2.32. The number of methoxy groups -OCH3 is 1. The highest BCUT2D eigenvalue weighted by Gasteiger charge is 2.13. The van der Waals surface area contributed by atoms with Crippen LogP contribution in [0.1, 0.15) is 24.1 Å². The molecule has 118 valence electrons. The van der Waals surface area contributed by atoms with Crippen molar-refractivity contribution in [2.45, 2.75) is 19.4 Å². The first-order valence-corrected chi connectivity index (χ1v) is 7.29. The molecule has 0 N–H and O–H groups in total. The highest BCUT2D eigenvalue weighted by atomic mass is 19.2.